The molecule has 1 saturated heterocycles. The molecule has 1 heterocycles. The normalized spacial score (nSPS) is 29.8. The molecule has 1 atom stereocenters. The highest BCUT2D eigenvalue weighted by Crippen LogP contribution is 2.21. The summed E-state index contributed by atoms with van der Waals surface area (Å²) < 4.78 is 0. The molecule has 0 saturated carbocycles. The number of carbonyl (C=O) groups is 2. The lowest BCUT2D eigenvalue weighted by atomic mass is 9.98. The molecule has 4 heteroatoms. The third-order valence-corrected chi connectivity index (χ3v) is 1.82. The van der Waals surface area contributed by atoms with E-state index in [1.54, 1.807) is 19.1 Å². The number of carbonyl (C=O) groups excluding carboxylic acids is 2. The van der Waals surface area contributed by atoms with Gasteiger partial charge < -0.3 is 5.11 Å². The van der Waals surface area contributed by atoms with E-state index in [9.17, 15) is 14.7 Å². The summed E-state index contributed by atoms with van der Waals surface area (Å²) in [5.41, 5.74) is -1.51. The SMILES string of the molecule is CC=CCC1(O)CC(=O)NC1=O. The van der Waals surface area contributed by atoms with Crippen molar-refractivity contribution in [3.63, 3.8) is 0 Å². The first-order valence-corrected chi connectivity index (χ1v) is 3.76. The summed E-state index contributed by atoms with van der Waals surface area (Å²) in [6, 6.07) is 0. The minimum Gasteiger partial charge on any atom is -0.379 e. The van der Waals surface area contributed by atoms with Crippen LogP contribution in [0, 0.1) is 0 Å². The van der Waals surface area contributed by atoms with Crippen LogP contribution in [0.15, 0.2) is 12.2 Å². The van der Waals surface area contributed by atoms with Gasteiger partial charge in [-0.2, -0.15) is 0 Å². The largest absolute Gasteiger partial charge is 0.379 e. The van der Waals surface area contributed by atoms with Crippen molar-refractivity contribution in [1.29, 1.82) is 0 Å². The topological polar surface area (TPSA) is 66.4 Å². The van der Waals surface area contributed by atoms with Gasteiger partial charge in [-0.1, -0.05) is 12.2 Å². The summed E-state index contributed by atoms with van der Waals surface area (Å²) in [4.78, 5) is 21.7. The molecule has 2 N–H and O–H groups in total. The lowest BCUT2D eigenvalue weighted by Gasteiger charge is -2.14. The molecule has 1 unspecified atom stereocenters. The predicted octanol–water partition coefficient (Wildman–Crippen LogP) is -0.270. The monoisotopic (exact) mass is 169 g/mol. The summed E-state index contributed by atoms with van der Waals surface area (Å²) in [6.45, 7) is 1.79. The lowest BCUT2D eigenvalue weighted by molar-refractivity contribution is -0.134. The van der Waals surface area contributed by atoms with Crippen LogP contribution in [0.5, 0.6) is 0 Å². The van der Waals surface area contributed by atoms with Crippen molar-refractivity contribution < 1.29 is 14.7 Å². The Labute approximate surface area is 70.3 Å². The van der Waals surface area contributed by atoms with E-state index >= 15 is 0 Å². The first-order valence-electron chi connectivity index (χ1n) is 3.76. The van der Waals surface area contributed by atoms with Gasteiger partial charge >= 0.3 is 0 Å². The Hall–Kier alpha value is -1.16. The van der Waals surface area contributed by atoms with Crippen LogP contribution < -0.4 is 5.32 Å². The van der Waals surface area contributed by atoms with Gasteiger partial charge in [0.2, 0.25) is 5.91 Å². The molecule has 66 valence electrons. The van der Waals surface area contributed by atoms with E-state index in [-0.39, 0.29) is 12.8 Å². The molecule has 0 aromatic rings. The fourth-order valence-corrected chi connectivity index (χ4v) is 1.11. The van der Waals surface area contributed by atoms with Crippen LogP contribution in [0.3, 0.4) is 0 Å². The number of nitrogens with one attached hydrogen (secondary N) is 1. The van der Waals surface area contributed by atoms with Crippen LogP contribution in [-0.4, -0.2) is 22.5 Å². The predicted molar refractivity (Wildman–Crippen MR) is 42.1 cm³/mol. The maximum absolute atomic E-state index is 11.0. The number of hydrogen-bond acceptors (Lipinski definition) is 3. The average molecular weight is 169 g/mol. The van der Waals surface area contributed by atoms with Crippen molar-refractivity contribution in [3.8, 4) is 0 Å². The Bertz CT molecular complexity index is 247. The van der Waals surface area contributed by atoms with Gasteiger partial charge in [0.25, 0.3) is 5.91 Å². The molecule has 1 fully saturated rings. The summed E-state index contributed by atoms with van der Waals surface area (Å²) in [7, 11) is 0. The molecular weight excluding hydrogens is 158 g/mol. The molecule has 2 amide bonds. The Balaban J connectivity index is 2.70. The highest BCUT2D eigenvalue weighted by molar-refractivity contribution is 6.07. The summed E-state index contributed by atoms with van der Waals surface area (Å²) >= 11 is 0. The molecule has 12 heavy (non-hydrogen) atoms. The second kappa shape index (κ2) is 3.06. The van der Waals surface area contributed by atoms with Crippen LogP contribution >= 0.6 is 0 Å². The number of amides is 2. The average Bonchev–Trinajstić information content (AvgIpc) is 2.23. The van der Waals surface area contributed by atoms with Gasteiger partial charge in [-0.05, 0) is 6.92 Å². The van der Waals surface area contributed by atoms with E-state index in [1.807, 2.05) is 0 Å². The van der Waals surface area contributed by atoms with Gasteiger partial charge in [0.15, 0.2) is 5.60 Å². The highest BCUT2D eigenvalue weighted by atomic mass is 16.3. The van der Waals surface area contributed by atoms with Gasteiger partial charge in [-0.3, -0.25) is 14.9 Å². The Morgan fingerprint density at radius 1 is 1.67 bits per heavy atom. The number of allylic oxidation sites excluding steroid dienone is 1. The van der Waals surface area contributed by atoms with Gasteiger partial charge in [-0.15, -0.1) is 0 Å². The van der Waals surface area contributed by atoms with E-state index < -0.39 is 17.4 Å². The molecular formula is C8H11NO3. The van der Waals surface area contributed by atoms with Crippen molar-refractivity contribution >= 4 is 11.8 Å². The van der Waals surface area contributed by atoms with Crippen molar-refractivity contribution in [3.05, 3.63) is 12.2 Å². The zero-order valence-electron chi connectivity index (χ0n) is 6.83. The third kappa shape index (κ3) is 1.53. The summed E-state index contributed by atoms with van der Waals surface area (Å²) in [5, 5.41) is 11.6. The molecule has 0 radical (unpaired) electrons. The zero-order chi connectivity index (χ0) is 9.19. The lowest BCUT2D eigenvalue weighted by Crippen LogP contribution is -2.37. The maximum Gasteiger partial charge on any atom is 0.259 e. The number of hydrogen-bond donors (Lipinski definition) is 2. The van der Waals surface area contributed by atoms with Crippen molar-refractivity contribution in [2.75, 3.05) is 0 Å². The van der Waals surface area contributed by atoms with Crippen LogP contribution in [0.4, 0.5) is 0 Å². The van der Waals surface area contributed by atoms with Crippen LogP contribution in [0.2, 0.25) is 0 Å². The van der Waals surface area contributed by atoms with E-state index in [1.165, 1.54) is 0 Å². The Morgan fingerprint density at radius 3 is 2.75 bits per heavy atom. The molecule has 1 aliphatic rings. The van der Waals surface area contributed by atoms with E-state index in [2.05, 4.69) is 5.32 Å². The third-order valence-electron chi connectivity index (χ3n) is 1.82. The molecule has 0 aromatic carbocycles. The van der Waals surface area contributed by atoms with Crippen molar-refractivity contribution in [2.45, 2.75) is 25.4 Å². The summed E-state index contributed by atoms with van der Waals surface area (Å²) in [6.07, 6.45) is 3.46. The van der Waals surface area contributed by atoms with E-state index in [4.69, 9.17) is 0 Å². The second-order valence-corrected chi connectivity index (χ2v) is 2.86. The van der Waals surface area contributed by atoms with Gasteiger partial charge in [0, 0.05) is 6.42 Å². The highest BCUT2D eigenvalue weighted by Gasteiger charge is 2.43. The van der Waals surface area contributed by atoms with E-state index in [0.29, 0.717) is 0 Å². The molecule has 0 spiro atoms. The smallest absolute Gasteiger partial charge is 0.259 e. The van der Waals surface area contributed by atoms with Gasteiger partial charge in [-0.25, -0.2) is 0 Å². The number of rotatable bonds is 2. The molecule has 1 rings (SSSR count). The van der Waals surface area contributed by atoms with Gasteiger partial charge in [0.1, 0.15) is 0 Å². The van der Waals surface area contributed by atoms with Crippen LogP contribution in [0.1, 0.15) is 19.8 Å². The number of aliphatic hydroxyl groups is 1. The zero-order valence-corrected chi connectivity index (χ0v) is 6.83. The first-order chi connectivity index (χ1) is 5.58. The Kier molecular flexibility index (Phi) is 2.28. The van der Waals surface area contributed by atoms with Gasteiger partial charge in [0.05, 0.1) is 6.42 Å². The van der Waals surface area contributed by atoms with Crippen LogP contribution in [0.25, 0.3) is 0 Å². The molecule has 4 nitrogen and oxygen atoms in total. The number of imide groups is 1. The minimum absolute atomic E-state index is 0.129. The van der Waals surface area contributed by atoms with E-state index in [0.717, 1.165) is 0 Å². The van der Waals surface area contributed by atoms with Crippen molar-refractivity contribution in [1.82, 2.24) is 5.32 Å². The fraction of sp³-hybridized carbons (Fsp3) is 0.500. The van der Waals surface area contributed by atoms with Crippen molar-refractivity contribution in [2.24, 2.45) is 0 Å². The van der Waals surface area contributed by atoms with Crippen LogP contribution in [-0.2, 0) is 9.59 Å². The maximum atomic E-state index is 11.0. The second-order valence-electron chi connectivity index (χ2n) is 2.86. The molecule has 0 aliphatic carbocycles. The minimum atomic E-state index is -1.51. The Morgan fingerprint density at radius 2 is 2.33 bits per heavy atom. The first kappa shape index (κ1) is 8.93. The quantitative estimate of drug-likeness (QED) is 0.441. The standard InChI is InChI=1S/C8H11NO3/c1-2-3-4-8(12)5-6(10)9-7(8)11/h2-3,12H,4-5H2,1H3,(H,9,10,11). The molecule has 0 bridgehead atoms. The molecule has 1 aliphatic heterocycles. The molecule has 0 aromatic heterocycles. The summed E-state index contributed by atoms with van der Waals surface area (Å²) in [5.74, 6) is -1.00. The fourth-order valence-electron chi connectivity index (χ4n) is 1.11.